The molecule has 2 unspecified atom stereocenters. The van der Waals surface area contributed by atoms with Gasteiger partial charge in [0.15, 0.2) is 0 Å². The first-order chi connectivity index (χ1) is 9.90. The lowest BCUT2D eigenvalue weighted by atomic mass is 10.1. The van der Waals surface area contributed by atoms with Gasteiger partial charge in [0.25, 0.3) is 0 Å². The lowest BCUT2D eigenvalue weighted by Crippen LogP contribution is -2.56. The SMILES string of the molecule is CCC(C)CN(CC)C(=O)N1CCN(C(C)C(=O)O)CC1. The molecule has 21 heavy (non-hydrogen) atoms. The van der Waals surface area contributed by atoms with Gasteiger partial charge in [0.05, 0.1) is 0 Å². The van der Waals surface area contributed by atoms with Crippen LogP contribution in [0.3, 0.4) is 0 Å². The Bertz CT molecular complexity index is 354. The molecule has 6 heteroatoms. The number of carboxylic acid groups (broad SMARTS) is 1. The molecule has 0 radical (unpaired) electrons. The molecule has 1 N–H and O–H groups in total. The summed E-state index contributed by atoms with van der Waals surface area (Å²) in [6, 6.07) is -0.398. The third kappa shape index (κ3) is 4.88. The molecule has 0 aromatic carbocycles. The van der Waals surface area contributed by atoms with Crippen molar-refractivity contribution >= 4 is 12.0 Å². The number of hydrogen-bond donors (Lipinski definition) is 1. The Morgan fingerprint density at radius 1 is 1.14 bits per heavy atom. The fourth-order valence-electron chi connectivity index (χ4n) is 2.50. The lowest BCUT2D eigenvalue weighted by Gasteiger charge is -2.39. The summed E-state index contributed by atoms with van der Waals surface area (Å²) in [7, 11) is 0. The van der Waals surface area contributed by atoms with Gasteiger partial charge in [-0.2, -0.15) is 0 Å². The summed E-state index contributed by atoms with van der Waals surface area (Å²) in [5.41, 5.74) is 0. The van der Waals surface area contributed by atoms with Crippen LogP contribution in [0.25, 0.3) is 0 Å². The van der Waals surface area contributed by atoms with Crippen LogP contribution in [0.1, 0.15) is 34.1 Å². The van der Waals surface area contributed by atoms with Gasteiger partial charge < -0.3 is 14.9 Å². The summed E-state index contributed by atoms with van der Waals surface area (Å²) in [5.74, 6) is -0.302. The van der Waals surface area contributed by atoms with Crippen molar-refractivity contribution in [2.75, 3.05) is 39.3 Å². The number of aliphatic carboxylic acids is 1. The van der Waals surface area contributed by atoms with Crippen molar-refractivity contribution in [3.8, 4) is 0 Å². The summed E-state index contributed by atoms with van der Waals surface area (Å²) in [5, 5.41) is 9.03. The van der Waals surface area contributed by atoms with Crippen LogP contribution in [0.2, 0.25) is 0 Å². The zero-order valence-electron chi connectivity index (χ0n) is 13.7. The largest absolute Gasteiger partial charge is 0.480 e. The van der Waals surface area contributed by atoms with E-state index < -0.39 is 12.0 Å². The lowest BCUT2D eigenvalue weighted by molar-refractivity contribution is -0.143. The molecule has 1 rings (SSSR count). The second kappa shape index (κ2) is 8.22. The van der Waals surface area contributed by atoms with Crippen LogP contribution in [0, 0.1) is 5.92 Å². The quantitative estimate of drug-likeness (QED) is 0.808. The van der Waals surface area contributed by atoms with Gasteiger partial charge in [0.2, 0.25) is 0 Å². The molecule has 1 aliphatic rings. The van der Waals surface area contributed by atoms with Crippen molar-refractivity contribution in [3.05, 3.63) is 0 Å². The molecule has 0 saturated carbocycles. The average Bonchev–Trinajstić information content (AvgIpc) is 2.50. The topological polar surface area (TPSA) is 64.1 Å². The molecular weight excluding hydrogens is 270 g/mol. The predicted molar refractivity (Wildman–Crippen MR) is 82.3 cm³/mol. The molecule has 2 amide bonds. The van der Waals surface area contributed by atoms with Gasteiger partial charge in [-0.05, 0) is 19.8 Å². The fourth-order valence-corrected chi connectivity index (χ4v) is 2.50. The zero-order chi connectivity index (χ0) is 16.0. The number of piperazine rings is 1. The number of hydrogen-bond acceptors (Lipinski definition) is 3. The van der Waals surface area contributed by atoms with Gasteiger partial charge in [-0.1, -0.05) is 20.3 Å². The molecule has 0 aromatic heterocycles. The molecule has 122 valence electrons. The van der Waals surface area contributed by atoms with Crippen LogP contribution in [0.15, 0.2) is 0 Å². The minimum atomic E-state index is -0.804. The predicted octanol–water partition coefficient (Wildman–Crippen LogP) is 1.57. The molecule has 0 bridgehead atoms. The van der Waals surface area contributed by atoms with Crippen LogP contribution in [-0.2, 0) is 4.79 Å². The van der Waals surface area contributed by atoms with Crippen LogP contribution in [-0.4, -0.2) is 77.1 Å². The van der Waals surface area contributed by atoms with E-state index in [9.17, 15) is 9.59 Å². The second-order valence-electron chi connectivity index (χ2n) is 5.87. The van der Waals surface area contributed by atoms with Crippen molar-refractivity contribution in [2.24, 2.45) is 5.92 Å². The minimum Gasteiger partial charge on any atom is -0.480 e. The Labute approximate surface area is 127 Å². The smallest absolute Gasteiger partial charge is 0.320 e. The van der Waals surface area contributed by atoms with Gasteiger partial charge >= 0.3 is 12.0 Å². The highest BCUT2D eigenvalue weighted by molar-refractivity contribution is 5.75. The number of rotatable bonds is 6. The van der Waals surface area contributed by atoms with E-state index in [4.69, 9.17) is 5.11 Å². The van der Waals surface area contributed by atoms with Crippen LogP contribution in [0.5, 0.6) is 0 Å². The van der Waals surface area contributed by atoms with E-state index in [2.05, 4.69) is 13.8 Å². The van der Waals surface area contributed by atoms with Gasteiger partial charge in [-0.15, -0.1) is 0 Å². The number of amides is 2. The molecule has 1 heterocycles. The summed E-state index contributed by atoms with van der Waals surface area (Å²) in [4.78, 5) is 29.2. The minimum absolute atomic E-state index is 0.0837. The second-order valence-corrected chi connectivity index (χ2v) is 5.87. The fraction of sp³-hybridized carbons (Fsp3) is 0.867. The highest BCUT2D eigenvalue weighted by Crippen LogP contribution is 2.11. The maximum atomic E-state index is 12.5. The van der Waals surface area contributed by atoms with Crippen molar-refractivity contribution in [1.82, 2.24) is 14.7 Å². The number of carbonyl (C=O) groups is 2. The number of carbonyl (C=O) groups excluding carboxylic acids is 1. The van der Waals surface area contributed by atoms with Gasteiger partial charge in [0, 0.05) is 39.3 Å². The van der Waals surface area contributed by atoms with Gasteiger partial charge in [-0.3, -0.25) is 9.69 Å². The first-order valence-electron chi connectivity index (χ1n) is 7.91. The Morgan fingerprint density at radius 2 is 1.71 bits per heavy atom. The molecule has 6 nitrogen and oxygen atoms in total. The van der Waals surface area contributed by atoms with E-state index in [1.54, 1.807) is 6.92 Å². The maximum Gasteiger partial charge on any atom is 0.320 e. The molecule has 1 fully saturated rings. The van der Waals surface area contributed by atoms with E-state index in [-0.39, 0.29) is 6.03 Å². The van der Waals surface area contributed by atoms with Crippen molar-refractivity contribution in [3.63, 3.8) is 0 Å². The molecule has 0 aromatic rings. The third-order valence-corrected chi connectivity index (χ3v) is 4.37. The monoisotopic (exact) mass is 299 g/mol. The standard InChI is InChI=1S/C15H29N3O3/c1-5-12(3)11-16(6-2)15(21)18-9-7-17(8-10-18)13(4)14(19)20/h12-13H,5-11H2,1-4H3,(H,19,20). The van der Waals surface area contributed by atoms with Crippen molar-refractivity contribution in [1.29, 1.82) is 0 Å². The van der Waals surface area contributed by atoms with Gasteiger partial charge in [0.1, 0.15) is 6.04 Å². The molecule has 0 aliphatic carbocycles. The van der Waals surface area contributed by atoms with E-state index in [1.165, 1.54) is 0 Å². The summed E-state index contributed by atoms with van der Waals surface area (Å²) in [6.45, 7) is 12.0. The molecular formula is C15H29N3O3. The van der Waals surface area contributed by atoms with Crippen molar-refractivity contribution < 1.29 is 14.7 Å². The van der Waals surface area contributed by atoms with Gasteiger partial charge in [-0.25, -0.2) is 4.79 Å². The first kappa shape index (κ1) is 17.8. The van der Waals surface area contributed by atoms with Crippen molar-refractivity contribution in [2.45, 2.75) is 40.2 Å². The normalized spacial score (nSPS) is 19.1. The maximum absolute atomic E-state index is 12.5. The van der Waals surface area contributed by atoms with E-state index in [1.807, 2.05) is 21.6 Å². The Hall–Kier alpha value is -1.30. The van der Waals surface area contributed by atoms with Crippen LogP contribution in [0.4, 0.5) is 4.79 Å². The zero-order valence-corrected chi connectivity index (χ0v) is 13.7. The third-order valence-electron chi connectivity index (χ3n) is 4.37. The number of carboxylic acids is 1. The molecule has 0 spiro atoms. The van der Waals surface area contributed by atoms with Crippen LogP contribution < -0.4 is 0 Å². The molecule has 1 saturated heterocycles. The Balaban J connectivity index is 2.52. The number of nitrogens with zero attached hydrogens (tertiary/aromatic N) is 3. The Morgan fingerprint density at radius 3 is 2.14 bits per heavy atom. The average molecular weight is 299 g/mol. The highest BCUT2D eigenvalue weighted by Gasteiger charge is 2.29. The molecule has 2 atom stereocenters. The summed E-state index contributed by atoms with van der Waals surface area (Å²) >= 11 is 0. The number of urea groups is 1. The molecule has 1 aliphatic heterocycles. The van der Waals surface area contributed by atoms with Crippen LogP contribution >= 0.6 is 0 Å². The Kier molecular flexibility index (Phi) is 6.95. The highest BCUT2D eigenvalue weighted by atomic mass is 16.4. The van der Waals surface area contributed by atoms with E-state index in [0.717, 1.165) is 19.5 Å². The van der Waals surface area contributed by atoms with E-state index >= 15 is 0 Å². The summed E-state index contributed by atoms with van der Waals surface area (Å²) in [6.07, 6.45) is 1.06. The summed E-state index contributed by atoms with van der Waals surface area (Å²) < 4.78 is 0. The first-order valence-corrected chi connectivity index (χ1v) is 7.91. The van der Waals surface area contributed by atoms with E-state index in [0.29, 0.717) is 32.1 Å².